The second-order valence-electron chi connectivity index (χ2n) is 4.18. The van der Waals surface area contributed by atoms with Gasteiger partial charge in [0.25, 0.3) is 0 Å². The number of hydrogen-bond acceptors (Lipinski definition) is 5. The highest BCUT2D eigenvalue weighted by atomic mass is 32.1. The van der Waals surface area contributed by atoms with Crippen LogP contribution >= 0.6 is 11.3 Å². The quantitative estimate of drug-likeness (QED) is 0.578. The van der Waals surface area contributed by atoms with E-state index in [9.17, 15) is 0 Å². The predicted octanol–water partition coefficient (Wildman–Crippen LogP) is 4.16. The number of nitrogens with zero attached hydrogens (tertiary/aromatic N) is 2. The van der Waals surface area contributed by atoms with E-state index in [4.69, 9.17) is 4.42 Å². The van der Waals surface area contributed by atoms with E-state index in [0.29, 0.717) is 5.76 Å². The van der Waals surface area contributed by atoms with Crippen LogP contribution in [0.2, 0.25) is 0 Å². The van der Waals surface area contributed by atoms with E-state index >= 15 is 0 Å². The Hall–Kier alpha value is -2.40. The molecule has 0 aliphatic carbocycles. The van der Waals surface area contributed by atoms with E-state index in [1.165, 1.54) is 0 Å². The number of aromatic nitrogens is 1. The summed E-state index contributed by atoms with van der Waals surface area (Å²) in [6.45, 7) is 2.06. The minimum Gasteiger partial charge on any atom is -0.463 e. The summed E-state index contributed by atoms with van der Waals surface area (Å²) < 4.78 is 5.16. The van der Waals surface area contributed by atoms with Gasteiger partial charge >= 0.3 is 0 Å². The molecule has 1 N–H and O–H groups in total. The summed E-state index contributed by atoms with van der Waals surface area (Å²) in [4.78, 5) is 5.72. The molecule has 3 rings (SSSR count). The molecule has 2 heterocycles. The molecule has 0 saturated carbocycles. The molecule has 0 fully saturated rings. The Morgan fingerprint density at radius 1 is 1.20 bits per heavy atom. The lowest BCUT2D eigenvalue weighted by Crippen LogP contribution is -1.89. The highest BCUT2D eigenvalue weighted by Gasteiger charge is 2.08. The van der Waals surface area contributed by atoms with Crippen LogP contribution in [0.15, 0.2) is 58.2 Å². The average molecular weight is 283 g/mol. The van der Waals surface area contributed by atoms with Gasteiger partial charge in [-0.2, -0.15) is 5.10 Å². The van der Waals surface area contributed by atoms with Crippen molar-refractivity contribution in [1.29, 1.82) is 0 Å². The van der Waals surface area contributed by atoms with Gasteiger partial charge in [0, 0.05) is 10.4 Å². The van der Waals surface area contributed by atoms with E-state index in [-0.39, 0.29) is 0 Å². The van der Waals surface area contributed by atoms with E-state index in [0.717, 1.165) is 21.3 Å². The third kappa shape index (κ3) is 2.78. The summed E-state index contributed by atoms with van der Waals surface area (Å²) in [5.41, 5.74) is 5.04. The molecule has 5 heteroatoms. The molecule has 0 atom stereocenters. The number of anilines is 1. The summed E-state index contributed by atoms with van der Waals surface area (Å²) in [6, 6.07) is 13.8. The molecule has 0 aliphatic rings. The minimum atomic E-state index is 0.703. The maximum Gasteiger partial charge on any atom is 0.204 e. The van der Waals surface area contributed by atoms with Crippen LogP contribution in [0.5, 0.6) is 0 Å². The Bertz CT molecular complexity index is 702. The lowest BCUT2D eigenvalue weighted by Gasteiger charge is -1.96. The predicted molar refractivity (Wildman–Crippen MR) is 82.2 cm³/mol. The van der Waals surface area contributed by atoms with Crippen molar-refractivity contribution >= 4 is 22.7 Å². The van der Waals surface area contributed by atoms with Gasteiger partial charge in [0.1, 0.15) is 5.76 Å². The largest absolute Gasteiger partial charge is 0.463 e. The molecule has 20 heavy (non-hydrogen) atoms. The normalized spacial score (nSPS) is 11.1. The van der Waals surface area contributed by atoms with Crippen LogP contribution in [0, 0.1) is 6.92 Å². The molecule has 1 aromatic carbocycles. The first-order valence-electron chi connectivity index (χ1n) is 6.18. The van der Waals surface area contributed by atoms with Crippen LogP contribution in [-0.4, -0.2) is 11.2 Å². The molecule has 0 unspecified atom stereocenters. The van der Waals surface area contributed by atoms with Crippen molar-refractivity contribution in [1.82, 2.24) is 4.98 Å². The summed E-state index contributed by atoms with van der Waals surface area (Å²) in [5.74, 6) is 0.703. The molecular formula is C15H13N3OS. The summed E-state index contributed by atoms with van der Waals surface area (Å²) in [6.07, 6.45) is 3.24. The van der Waals surface area contributed by atoms with Crippen LogP contribution in [-0.2, 0) is 0 Å². The summed E-state index contributed by atoms with van der Waals surface area (Å²) >= 11 is 1.58. The van der Waals surface area contributed by atoms with Crippen LogP contribution < -0.4 is 5.43 Å². The smallest absolute Gasteiger partial charge is 0.204 e. The average Bonchev–Trinajstić information content (AvgIpc) is 3.10. The monoisotopic (exact) mass is 283 g/mol. The number of benzene rings is 1. The van der Waals surface area contributed by atoms with E-state index < -0.39 is 0 Å². The zero-order valence-electron chi connectivity index (χ0n) is 10.9. The molecule has 4 nitrogen and oxygen atoms in total. The first-order valence-corrected chi connectivity index (χ1v) is 7.00. The van der Waals surface area contributed by atoms with Crippen molar-refractivity contribution in [2.75, 3.05) is 5.43 Å². The first-order chi connectivity index (χ1) is 9.83. The number of thiazole rings is 1. The van der Waals surface area contributed by atoms with Gasteiger partial charge in [-0.05, 0) is 19.1 Å². The standard InChI is InChI=1S/C15H13N3OS/c1-11-14(12-6-3-2-4-7-12)17-15(20-11)18-16-10-13-8-5-9-19-13/h2-10H,1H3,(H,17,18)/b16-10-. The minimum absolute atomic E-state index is 0.703. The van der Waals surface area contributed by atoms with Gasteiger partial charge in [0.05, 0.1) is 18.2 Å². The topological polar surface area (TPSA) is 50.4 Å². The summed E-state index contributed by atoms with van der Waals surface area (Å²) in [7, 11) is 0. The fraction of sp³-hybridized carbons (Fsp3) is 0.0667. The Kier molecular flexibility index (Phi) is 3.60. The van der Waals surface area contributed by atoms with Gasteiger partial charge < -0.3 is 4.42 Å². The fourth-order valence-corrected chi connectivity index (χ4v) is 2.61. The van der Waals surface area contributed by atoms with Crippen molar-refractivity contribution in [3.05, 3.63) is 59.4 Å². The second-order valence-corrected chi connectivity index (χ2v) is 5.38. The van der Waals surface area contributed by atoms with Crippen LogP contribution in [0.3, 0.4) is 0 Å². The van der Waals surface area contributed by atoms with Crippen molar-refractivity contribution in [3.63, 3.8) is 0 Å². The van der Waals surface area contributed by atoms with E-state index in [1.807, 2.05) is 30.3 Å². The number of hydrazone groups is 1. The fourth-order valence-electron chi connectivity index (χ4n) is 1.82. The maximum absolute atomic E-state index is 5.16. The molecule has 100 valence electrons. The molecule has 3 aromatic rings. The molecule has 0 bridgehead atoms. The molecule has 0 radical (unpaired) electrons. The van der Waals surface area contributed by atoms with Crippen LogP contribution in [0.1, 0.15) is 10.6 Å². The zero-order chi connectivity index (χ0) is 13.8. The van der Waals surface area contributed by atoms with Gasteiger partial charge in [0.2, 0.25) is 5.13 Å². The van der Waals surface area contributed by atoms with Gasteiger partial charge in [-0.15, -0.1) is 11.3 Å². The van der Waals surface area contributed by atoms with Crippen molar-refractivity contribution in [3.8, 4) is 11.3 Å². The number of rotatable bonds is 4. The van der Waals surface area contributed by atoms with Gasteiger partial charge in [0.15, 0.2) is 0 Å². The zero-order valence-corrected chi connectivity index (χ0v) is 11.7. The Morgan fingerprint density at radius 2 is 2.05 bits per heavy atom. The Balaban J connectivity index is 1.76. The number of furan rings is 1. The van der Waals surface area contributed by atoms with Crippen molar-refractivity contribution < 1.29 is 4.42 Å². The third-order valence-corrected chi connectivity index (χ3v) is 3.61. The van der Waals surface area contributed by atoms with Gasteiger partial charge in [-0.3, -0.25) is 5.43 Å². The molecular weight excluding hydrogens is 270 g/mol. The molecule has 0 aliphatic heterocycles. The van der Waals surface area contributed by atoms with Crippen molar-refractivity contribution in [2.24, 2.45) is 5.10 Å². The highest BCUT2D eigenvalue weighted by molar-refractivity contribution is 7.15. The molecule has 0 amide bonds. The van der Waals surface area contributed by atoms with Crippen molar-refractivity contribution in [2.45, 2.75) is 6.92 Å². The highest BCUT2D eigenvalue weighted by Crippen LogP contribution is 2.30. The number of aryl methyl sites for hydroxylation is 1. The number of nitrogens with one attached hydrogen (secondary N) is 1. The van der Waals surface area contributed by atoms with Crippen LogP contribution in [0.25, 0.3) is 11.3 Å². The molecule has 0 spiro atoms. The lowest BCUT2D eigenvalue weighted by molar-refractivity contribution is 0.560. The van der Waals surface area contributed by atoms with E-state index in [1.54, 1.807) is 23.8 Å². The SMILES string of the molecule is Cc1sc(N/N=C\c2ccco2)nc1-c1ccccc1. The van der Waals surface area contributed by atoms with Crippen LogP contribution in [0.4, 0.5) is 5.13 Å². The molecule has 0 saturated heterocycles. The second kappa shape index (κ2) is 5.71. The maximum atomic E-state index is 5.16. The first kappa shape index (κ1) is 12.6. The Morgan fingerprint density at radius 3 is 2.80 bits per heavy atom. The molecule has 2 aromatic heterocycles. The Labute approximate surface area is 120 Å². The van der Waals surface area contributed by atoms with E-state index in [2.05, 4.69) is 34.6 Å². The van der Waals surface area contributed by atoms with Gasteiger partial charge in [-0.25, -0.2) is 4.98 Å². The van der Waals surface area contributed by atoms with Gasteiger partial charge in [-0.1, -0.05) is 30.3 Å². The lowest BCUT2D eigenvalue weighted by atomic mass is 10.1. The third-order valence-electron chi connectivity index (χ3n) is 2.74. The summed E-state index contributed by atoms with van der Waals surface area (Å²) in [5, 5.41) is 4.88. The number of hydrogen-bond donors (Lipinski definition) is 1.